The molecule has 0 saturated carbocycles. The molecule has 7 heteroatoms. The van der Waals surface area contributed by atoms with Crippen LogP contribution in [0.1, 0.15) is 20.8 Å². The molecule has 114 valence electrons. The van der Waals surface area contributed by atoms with Gasteiger partial charge >= 0.3 is 0 Å². The first-order valence-corrected chi connectivity index (χ1v) is 7.99. The number of aromatic nitrogens is 3. The molecule has 2 aromatic rings. The summed E-state index contributed by atoms with van der Waals surface area (Å²) < 4.78 is 18.8. The van der Waals surface area contributed by atoms with Crippen LogP contribution < -0.4 is 0 Å². The highest BCUT2D eigenvalue weighted by atomic mass is 32.2. The SMILES string of the molecule is CCn1c(SCC2COC(C)(C)O2)nnc1-c1ccco1. The van der Waals surface area contributed by atoms with E-state index in [1.807, 2.05) is 30.5 Å². The molecule has 21 heavy (non-hydrogen) atoms. The van der Waals surface area contributed by atoms with Crippen molar-refractivity contribution in [3.63, 3.8) is 0 Å². The molecule has 1 fully saturated rings. The zero-order chi connectivity index (χ0) is 14.9. The van der Waals surface area contributed by atoms with E-state index in [0.717, 1.165) is 29.0 Å². The number of hydrogen-bond donors (Lipinski definition) is 0. The number of ether oxygens (including phenoxy) is 2. The van der Waals surface area contributed by atoms with Gasteiger partial charge in [-0.05, 0) is 32.9 Å². The Morgan fingerprint density at radius 1 is 1.43 bits per heavy atom. The minimum atomic E-state index is -0.483. The van der Waals surface area contributed by atoms with Crippen LogP contribution >= 0.6 is 11.8 Å². The van der Waals surface area contributed by atoms with Crippen molar-refractivity contribution in [3.8, 4) is 11.6 Å². The molecule has 0 aromatic carbocycles. The maximum Gasteiger partial charge on any atom is 0.200 e. The van der Waals surface area contributed by atoms with Gasteiger partial charge < -0.3 is 13.9 Å². The summed E-state index contributed by atoms with van der Waals surface area (Å²) in [4.78, 5) is 0. The van der Waals surface area contributed by atoms with Crippen molar-refractivity contribution >= 4 is 11.8 Å². The zero-order valence-corrected chi connectivity index (χ0v) is 13.2. The van der Waals surface area contributed by atoms with Crippen LogP contribution in [0.3, 0.4) is 0 Å². The van der Waals surface area contributed by atoms with Crippen LogP contribution in [0, 0.1) is 0 Å². The summed E-state index contributed by atoms with van der Waals surface area (Å²) in [6.07, 6.45) is 1.72. The van der Waals surface area contributed by atoms with Gasteiger partial charge in [0, 0.05) is 12.3 Å². The predicted molar refractivity (Wildman–Crippen MR) is 79.0 cm³/mol. The molecule has 2 aromatic heterocycles. The molecular formula is C14H19N3O3S. The largest absolute Gasteiger partial charge is 0.461 e. The maximum absolute atomic E-state index is 5.80. The van der Waals surface area contributed by atoms with Crippen LogP contribution in [0.15, 0.2) is 28.0 Å². The van der Waals surface area contributed by atoms with E-state index >= 15 is 0 Å². The van der Waals surface area contributed by atoms with E-state index < -0.39 is 5.79 Å². The van der Waals surface area contributed by atoms with Gasteiger partial charge in [0.1, 0.15) is 0 Å². The molecule has 3 rings (SSSR count). The summed E-state index contributed by atoms with van der Waals surface area (Å²) in [5, 5.41) is 9.36. The van der Waals surface area contributed by atoms with E-state index in [-0.39, 0.29) is 6.10 Å². The highest BCUT2D eigenvalue weighted by Gasteiger charge is 2.32. The molecule has 0 spiro atoms. The summed E-state index contributed by atoms with van der Waals surface area (Å²) in [6, 6.07) is 3.74. The fourth-order valence-corrected chi connectivity index (χ4v) is 3.25. The van der Waals surface area contributed by atoms with Crippen LogP contribution in [0.5, 0.6) is 0 Å². The first kappa shape index (κ1) is 14.6. The number of nitrogens with zero attached hydrogens (tertiary/aromatic N) is 3. The summed E-state index contributed by atoms with van der Waals surface area (Å²) in [6.45, 7) is 7.34. The molecule has 1 aliphatic rings. The van der Waals surface area contributed by atoms with Crippen LogP contribution in [-0.4, -0.2) is 39.0 Å². The second kappa shape index (κ2) is 5.82. The van der Waals surface area contributed by atoms with E-state index in [2.05, 4.69) is 17.1 Å². The molecular weight excluding hydrogens is 290 g/mol. The van der Waals surface area contributed by atoms with Crippen molar-refractivity contribution in [1.82, 2.24) is 14.8 Å². The van der Waals surface area contributed by atoms with Crippen LogP contribution in [0.4, 0.5) is 0 Å². The molecule has 1 saturated heterocycles. The van der Waals surface area contributed by atoms with Gasteiger partial charge in [-0.1, -0.05) is 11.8 Å². The van der Waals surface area contributed by atoms with E-state index in [9.17, 15) is 0 Å². The standard InChI is InChI=1S/C14H19N3O3S/c1-4-17-12(11-6-5-7-18-11)15-16-13(17)21-9-10-8-19-14(2,3)20-10/h5-7,10H,4,8-9H2,1-3H3. The maximum atomic E-state index is 5.80. The van der Waals surface area contributed by atoms with Crippen molar-refractivity contribution in [2.45, 2.75) is 44.4 Å². The van der Waals surface area contributed by atoms with Crippen LogP contribution in [0.25, 0.3) is 11.6 Å². The molecule has 6 nitrogen and oxygen atoms in total. The van der Waals surface area contributed by atoms with Gasteiger partial charge in [0.15, 0.2) is 22.5 Å². The predicted octanol–water partition coefficient (Wildman–Crippen LogP) is 2.80. The number of hydrogen-bond acceptors (Lipinski definition) is 6. The Morgan fingerprint density at radius 2 is 2.29 bits per heavy atom. The van der Waals surface area contributed by atoms with Gasteiger partial charge in [-0.25, -0.2) is 0 Å². The normalized spacial score (nSPS) is 21.0. The fourth-order valence-electron chi connectivity index (χ4n) is 2.28. The Labute approximate surface area is 127 Å². The summed E-state index contributed by atoms with van der Waals surface area (Å²) >= 11 is 1.63. The van der Waals surface area contributed by atoms with E-state index in [1.165, 1.54) is 0 Å². The van der Waals surface area contributed by atoms with Gasteiger partial charge in [-0.2, -0.15) is 0 Å². The minimum Gasteiger partial charge on any atom is -0.461 e. The smallest absolute Gasteiger partial charge is 0.200 e. The summed E-state index contributed by atoms with van der Waals surface area (Å²) in [7, 11) is 0. The lowest BCUT2D eigenvalue weighted by molar-refractivity contribution is -0.135. The third kappa shape index (κ3) is 3.14. The Hall–Kier alpha value is -1.31. The first-order valence-electron chi connectivity index (χ1n) is 7.00. The van der Waals surface area contributed by atoms with E-state index in [0.29, 0.717) is 6.61 Å². The van der Waals surface area contributed by atoms with Gasteiger partial charge in [0.05, 0.1) is 19.0 Å². The van der Waals surface area contributed by atoms with E-state index in [4.69, 9.17) is 13.9 Å². The van der Waals surface area contributed by atoms with Crippen LogP contribution in [-0.2, 0) is 16.0 Å². The highest BCUT2D eigenvalue weighted by molar-refractivity contribution is 7.99. The van der Waals surface area contributed by atoms with Crippen molar-refractivity contribution in [2.24, 2.45) is 0 Å². The second-order valence-electron chi connectivity index (χ2n) is 5.29. The van der Waals surface area contributed by atoms with Crippen molar-refractivity contribution in [3.05, 3.63) is 18.4 Å². The third-order valence-electron chi connectivity index (χ3n) is 3.24. The Balaban J connectivity index is 1.69. The second-order valence-corrected chi connectivity index (χ2v) is 6.28. The lowest BCUT2D eigenvalue weighted by Crippen LogP contribution is -2.22. The molecule has 1 unspecified atom stereocenters. The van der Waals surface area contributed by atoms with Crippen molar-refractivity contribution < 1.29 is 13.9 Å². The van der Waals surface area contributed by atoms with Crippen molar-refractivity contribution in [2.75, 3.05) is 12.4 Å². The molecule has 0 radical (unpaired) electrons. The van der Waals surface area contributed by atoms with Crippen molar-refractivity contribution in [1.29, 1.82) is 0 Å². The molecule has 1 aliphatic heterocycles. The average Bonchev–Trinajstić information content (AvgIpc) is 3.14. The van der Waals surface area contributed by atoms with Gasteiger partial charge in [0.25, 0.3) is 0 Å². The quantitative estimate of drug-likeness (QED) is 0.791. The Morgan fingerprint density at radius 3 is 2.90 bits per heavy atom. The molecule has 0 bridgehead atoms. The first-order chi connectivity index (χ1) is 10.1. The van der Waals surface area contributed by atoms with Crippen LogP contribution in [0.2, 0.25) is 0 Å². The molecule has 0 N–H and O–H groups in total. The number of furan rings is 1. The van der Waals surface area contributed by atoms with Gasteiger partial charge in [-0.15, -0.1) is 10.2 Å². The average molecular weight is 309 g/mol. The minimum absolute atomic E-state index is 0.0825. The van der Waals surface area contributed by atoms with E-state index in [1.54, 1.807) is 18.0 Å². The molecule has 0 aliphatic carbocycles. The summed E-state index contributed by atoms with van der Waals surface area (Å²) in [5.41, 5.74) is 0. The lowest BCUT2D eigenvalue weighted by Gasteiger charge is -2.16. The number of thioether (sulfide) groups is 1. The topological polar surface area (TPSA) is 62.3 Å². The molecule has 3 heterocycles. The fraction of sp³-hybridized carbons (Fsp3) is 0.571. The molecule has 0 amide bonds. The Bertz CT molecular complexity index is 595. The monoisotopic (exact) mass is 309 g/mol. The third-order valence-corrected chi connectivity index (χ3v) is 4.34. The lowest BCUT2D eigenvalue weighted by atomic mass is 10.4. The van der Waals surface area contributed by atoms with Gasteiger partial charge in [0.2, 0.25) is 0 Å². The molecule has 1 atom stereocenters. The number of rotatable bonds is 5. The van der Waals surface area contributed by atoms with Gasteiger partial charge in [-0.3, -0.25) is 4.57 Å². The Kier molecular flexibility index (Phi) is 4.05. The zero-order valence-electron chi connectivity index (χ0n) is 12.4. The highest BCUT2D eigenvalue weighted by Crippen LogP contribution is 2.28. The summed E-state index contributed by atoms with van der Waals surface area (Å²) in [5.74, 6) is 1.80.